The Morgan fingerprint density at radius 2 is 1.38 bits per heavy atom. The van der Waals surface area contributed by atoms with Gasteiger partial charge in [0.15, 0.2) is 5.60 Å². The second-order valence-corrected chi connectivity index (χ2v) is 13.3. The molecule has 0 saturated heterocycles. The van der Waals surface area contributed by atoms with E-state index in [0.29, 0.717) is 6.61 Å². The summed E-state index contributed by atoms with van der Waals surface area (Å²) in [4.78, 5) is 0. The third-order valence-corrected chi connectivity index (χ3v) is 9.91. The Hall–Kier alpha value is -4.30. The normalized spacial score (nSPS) is 17.4. The van der Waals surface area contributed by atoms with Crippen molar-refractivity contribution >= 4 is 16.8 Å². The summed E-state index contributed by atoms with van der Waals surface area (Å²) in [5.74, 6) is 1.85. The Morgan fingerprint density at radius 3 is 2.11 bits per heavy atom. The third-order valence-electron chi connectivity index (χ3n) is 9.91. The zero-order chi connectivity index (χ0) is 31.0. The number of unbranched alkanes of at least 4 members (excludes halogenated alkanes) is 3. The van der Waals surface area contributed by atoms with Crippen LogP contribution in [0.4, 0.5) is 0 Å². The maximum absolute atomic E-state index is 7.47. The second kappa shape index (κ2) is 11.9. The molecule has 0 N–H and O–H groups in total. The maximum Gasteiger partial charge on any atom is 0.178 e. The lowest BCUT2D eigenvalue weighted by Gasteiger charge is -2.38. The van der Waals surface area contributed by atoms with Crippen molar-refractivity contribution in [2.24, 2.45) is 0 Å². The number of aryl methyl sites for hydroxylation is 1. The fourth-order valence-electron chi connectivity index (χ4n) is 7.57. The van der Waals surface area contributed by atoms with Crippen LogP contribution in [-0.2, 0) is 17.4 Å². The average Bonchev–Trinajstić information content (AvgIpc) is 3.33. The summed E-state index contributed by atoms with van der Waals surface area (Å²) in [5, 5.41) is 2.40. The molecule has 45 heavy (non-hydrogen) atoms. The van der Waals surface area contributed by atoms with Gasteiger partial charge in [0, 0.05) is 27.5 Å². The van der Waals surface area contributed by atoms with Crippen molar-refractivity contribution < 1.29 is 9.47 Å². The Balaban J connectivity index is 1.39. The smallest absolute Gasteiger partial charge is 0.178 e. The van der Waals surface area contributed by atoms with Crippen LogP contribution in [0.3, 0.4) is 0 Å². The molecule has 0 fully saturated rings. The van der Waals surface area contributed by atoms with E-state index in [2.05, 4.69) is 137 Å². The monoisotopic (exact) mass is 592 g/mol. The first-order chi connectivity index (χ1) is 22.0. The molecule has 1 atom stereocenters. The number of hydrogen-bond acceptors (Lipinski definition) is 2. The summed E-state index contributed by atoms with van der Waals surface area (Å²) in [6, 6.07) is 35.4. The summed E-state index contributed by atoms with van der Waals surface area (Å²) >= 11 is 0. The van der Waals surface area contributed by atoms with E-state index in [0.717, 1.165) is 40.9 Å². The molecular formula is C43H44O2. The first kappa shape index (κ1) is 29.4. The van der Waals surface area contributed by atoms with Crippen molar-refractivity contribution in [1.82, 2.24) is 0 Å². The minimum absolute atomic E-state index is 0.147. The van der Waals surface area contributed by atoms with Crippen LogP contribution in [0.25, 0.3) is 28.0 Å². The van der Waals surface area contributed by atoms with Crippen molar-refractivity contribution in [1.29, 1.82) is 0 Å². The molecule has 7 rings (SSSR count). The molecule has 2 aliphatic rings. The van der Waals surface area contributed by atoms with Gasteiger partial charge in [-0.3, -0.25) is 0 Å². The largest absolute Gasteiger partial charge is 0.494 e. The maximum atomic E-state index is 7.47. The summed E-state index contributed by atoms with van der Waals surface area (Å²) in [6.45, 7) is 9.83. The molecule has 1 aliphatic carbocycles. The van der Waals surface area contributed by atoms with Crippen molar-refractivity contribution in [2.45, 2.75) is 77.2 Å². The molecule has 1 heterocycles. The van der Waals surface area contributed by atoms with Gasteiger partial charge in [-0.1, -0.05) is 138 Å². The molecule has 0 amide bonds. The topological polar surface area (TPSA) is 18.5 Å². The van der Waals surface area contributed by atoms with Gasteiger partial charge in [-0.2, -0.15) is 0 Å². The van der Waals surface area contributed by atoms with Gasteiger partial charge in [0.2, 0.25) is 0 Å². The van der Waals surface area contributed by atoms with E-state index in [1.807, 2.05) is 0 Å². The quantitative estimate of drug-likeness (QED) is 0.150. The van der Waals surface area contributed by atoms with Crippen LogP contribution >= 0.6 is 0 Å². The fourth-order valence-corrected chi connectivity index (χ4v) is 7.57. The van der Waals surface area contributed by atoms with E-state index in [4.69, 9.17) is 9.47 Å². The minimum atomic E-state index is -0.774. The average molecular weight is 593 g/mol. The number of benzene rings is 5. The lowest BCUT2D eigenvalue weighted by molar-refractivity contribution is 0.163. The lowest BCUT2D eigenvalue weighted by atomic mass is 9.76. The van der Waals surface area contributed by atoms with Crippen LogP contribution in [-0.4, -0.2) is 6.61 Å². The fraction of sp³-hybridized carbons (Fsp3) is 0.302. The van der Waals surface area contributed by atoms with Crippen LogP contribution < -0.4 is 9.47 Å². The highest BCUT2D eigenvalue weighted by Gasteiger charge is 2.44. The highest BCUT2D eigenvalue weighted by Crippen LogP contribution is 2.58. The van der Waals surface area contributed by atoms with Crippen LogP contribution in [0.15, 0.2) is 103 Å². The van der Waals surface area contributed by atoms with Gasteiger partial charge in [-0.15, -0.1) is 0 Å². The molecule has 0 saturated carbocycles. The van der Waals surface area contributed by atoms with E-state index in [-0.39, 0.29) is 5.41 Å². The van der Waals surface area contributed by atoms with Gasteiger partial charge < -0.3 is 9.47 Å². The second-order valence-electron chi connectivity index (χ2n) is 13.3. The predicted molar refractivity (Wildman–Crippen MR) is 188 cm³/mol. The Labute approximate surface area is 268 Å². The highest BCUT2D eigenvalue weighted by molar-refractivity contribution is 6.08. The Bertz CT molecular complexity index is 1860. The number of ether oxygens (including phenoxy) is 2. The number of hydrogen-bond donors (Lipinski definition) is 0. The summed E-state index contributed by atoms with van der Waals surface area (Å²) in [6.07, 6.45) is 11.8. The first-order valence-corrected chi connectivity index (χ1v) is 16.9. The molecule has 0 aromatic heterocycles. The molecule has 5 aromatic carbocycles. The summed E-state index contributed by atoms with van der Waals surface area (Å²) < 4.78 is 13.4. The van der Waals surface area contributed by atoms with Crippen LogP contribution in [0.2, 0.25) is 0 Å². The van der Waals surface area contributed by atoms with E-state index >= 15 is 0 Å². The van der Waals surface area contributed by atoms with E-state index in [1.54, 1.807) is 0 Å². The lowest BCUT2D eigenvalue weighted by Crippen LogP contribution is -2.35. The minimum Gasteiger partial charge on any atom is -0.494 e. The molecule has 0 radical (unpaired) electrons. The SMILES string of the molecule is CCCCCCc1ccc(C2(c3ccc(OCCC)cc3)C=Cc3c4c(c5ccccc5c3O2)-c2ccccc2C4(C)C)cc1. The van der Waals surface area contributed by atoms with Gasteiger partial charge in [0.1, 0.15) is 11.5 Å². The van der Waals surface area contributed by atoms with Gasteiger partial charge in [0.25, 0.3) is 0 Å². The van der Waals surface area contributed by atoms with Crippen LogP contribution in [0, 0.1) is 0 Å². The van der Waals surface area contributed by atoms with Crippen LogP contribution in [0.5, 0.6) is 11.5 Å². The molecule has 228 valence electrons. The zero-order valence-corrected chi connectivity index (χ0v) is 27.2. The standard InChI is InChI=1S/C43H44O2/c1-5-7-8-9-14-30-19-21-31(22-20-30)43(32-23-25-33(26-24-32)44-29-6-2)28-27-37-40-39(34-15-10-11-16-35(34)41(37)45-43)36-17-12-13-18-38(36)42(40,3)4/h10-13,15-28H,5-9,14,29H2,1-4H3. The predicted octanol–water partition coefficient (Wildman–Crippen LogP) is 11.4. The van der Waals surface area contributed by atoms with Crippen molar-refractivity contribution in [3.63, 3.8) is 0 Å². The van der Waals surface area contributed by atoms with E-state index in [9.17, 15) is 0 Å². The molecule has 1 unspecified atom stereocenters. The summed E-state index contributed by atoms with van der Waals surface area (Å²) in [5.41, 5.74) is 9.29. The van der Waals surface area contributed by atoms with Gasteiger partial charge in [-0.25, -0.2) is 0 Å². The van der Waals surface area contributed by atoms with Crippen LogP contribution in [0.1, 0.15) is 93.2 Å². The number of fused-ring (bicyclic) bond motifs is 8. The molecule has 2 heteroatoms. The molecule has 0 bridgehead atoms. The van der Waals surface area contributed by atoms with Crippen molar-refractivity contribution in [3.05, 3.63) is 137 Å². The summed E-state index contributed by atoms with van der Waals surface area (Å²) in [7, 11) is 0. The molecule has 5 aromatic rings. The molecular weight excluding hydrogens is 548 g/mol. The van der Waals surface area contributed by atoms with Crippen molar-refractivity contribution in [3.8, 4) is 22.6 Å². The van der Waals surface area contributed by atoms with Gasteiger partial charge in [0.05, 0.1) is 6.61 Å². The third kappa shape index (κ3) is 4.96. The Morgan fingerprint density at radius 1 is 0.689 bits per heavy atom. The van der Waals surface area contributed by atoms with E-state index < -0.39 is 5.60 Å². The molecule has 1 aliphatic heterocycles. The Kier molecular flexibility index (Phi) is 7.78. The highest BCUT2D eigenvalue weighted by atomic mass is 16.5. The molecule has 0 spiro atoms. The van der Waals surface area contributed by atoms with Crippen molar-refractivity contribution in [2.75, 3.05) is 6.61 Å². The number of rotatable bonds is 10. The van der Waals surface area contributed by atoms with Gasteiger partial charge in [-0.05, 0) is 70.7 Å². The van der Waals surface area contributed by atoms with E-state index in [1.165, 1.54) is 64.5 Å². The first-order valence-electron chi connectivity index (χ1n) is 16.9. The zero-order valence-electron chi connectivity index (χ0n) is 27.2. The van der Waals surface area contributed by atoms with Gasteiger partial charge >= 0.3 is 0 Å². The molecule has 2 nitrogen and oxygen atoms in total.